The van der Waals surface area contributed by atoms with Crippen LogP contribution in [-0.4, -0.2) is 94.0 Å². The quantitative estimate of drug-likeness (QED) is 0.140. The van der Waals surface area contributed by atoms with Crippen LogP contribution < -0.4 is 21.5 Å². The molecule has 12 nitrogen and oxygen atoms in total. The smallest absolute Gasteiger partial charge is 0.251 e. The van der Waals surface area contributed by atoms with Crippen molar-refractivity contribution in [1.82, 2.24) is 19.2 Å². The Kier molecular flexibility index (Phi) is 15.4. The molecule has 2 heterocycles. The van der Waals surface area contributed by atoms with E-state index in [1.165, 1.54) is 28.6 Å². The molecule has 2 fully saturated rings. The second kappa shape index (κ2) is 20.2. The number of rotatable bonds is 15. The van der Waals surface area contributed by atoms with E-state index in [1.807, 2.05) is 18.2 Å². The van der Waals surface area contributed by atoms with Crippen LogP contribution in [0.25, 0.3) is 0 Å². The van der Waals surface area contributed by atoms with Gasteiger partial charge in [0, 0.05) is 62.3 Å². The molecule has 0 spiro atoms. The van der Waals surface area contributed by atoms with Crippen molar-refractivity contribution in [2.45, 2.75) is 67.6 Å². The zero-order valence-corrected chi connectivity index (χ0v) is 33.2. The molecule has 2 aliphatic heterocycles. The third-order valence-electron chi connectivity index (χ3n) is 9.90. The van der Waals surface area contributed by atoms with Gasteiger partial charge in [0.15, 0.2) is 0 Å². The summed E-state index contributed by atoms with van der Waals surface area (Å²) >= 11 is 0. The highest BCUT2D eigenvalue weighted by atomic mass is 32.2. The van der Waals surface area contributed by atoms with E-state index in [0.29, 0.717) is 62.0 Å². The van der Waals surface area contributed by atoms with Crippen molar-refractivity contribution in [3.8, 4) is 0 Å². The lowest BCUT2D eigenvalue weighted by atomic mass is 10.0. The second-order valence-electron chi connectivity index (χ2n) is 14.3. The van der Waals surface area contributed by atoms with Crippen LogP contribution in [0.15, 0.2) is 114 Å². The second-order valence-corrected chi connectivity index (χ2v) is 18.1. The van der Waals surface area contributed by atoms with Gasteiger partial charge in [0.1, 0.15) is 11.6 Å². The Morgan fingerprint density at radius 2 is 1.30 bits per heavy atom. The fourth-order valence-electron chi connectivity index (χ4n) is 6.97. The number of nitrogens with two attached hydrogens (primary N) is 2. The van der Waals surface area contributed by atoms with Gasteiger partial charge in [-0.2, -0.15) is 4.31 Å². The number of nitrogens with zero attached hydrogens (tertiary/aromatic N) is 2. The van der Waals surface area contributed by atoms with Crippen molar-refractivity contribution in [1.29, 1.82) is 0 Å². The normalized spacial score (nSPS) is 18.4. The number of hydrogen-bond donors (Lipinski definition) is 4. The van der Waals surface area contributed by atoms with E-state index in [0.717, 1.165) is 0 Å². The number of nitrogens with one attached hydrogen (secondary N) is 2. The first kappa shape index (κ1) is 43.5. The summed E-state index contributed by atoms with van der Waals surface area (Å²) in [7, 11) is -7.45. The highest BCUT2D eigenvalue weighted by Gasteiger charge is 2.36. The molecular weight excluding hydrogens is 775 g/mol. The lowest BCUT2D eigenvalue weighted by Gasteiger charge is -2.26. The topological polar surface area (TPSA) is 185 Å². The summed E-state index contributed by atoms with van der Waals surface area (Å²) in [5, 5.41) is 2.97. The molecule has 0 bridgehead atoms. The number of hydrogen-bond acceptors (Lipinski definition) is 8. The zero-order chi connectivity index (χ0) is 41.0. The van der Waals surface area contributed by atoms with E-state index < -0.39 is 44.0 Å². The van der Waals surface area contributed by atoms with E-state index in [2.05, 4.69) is 10.0 Å². The van der Waals surface area contributed by atoms with Gasteiger partial charge >= 0.3 is 0 Å². The molecule has 2 amide bonds. The van der Waals surface area contributed by atoms with Gasteiger partial charge in [-0.25, -0.2) is 30.3 Å². The van der Waals surface area contributed by atoms with Crippen molar-refractivity contribution in [3.63, 3.8) is 0 Å². The average Bonchev–Trinajstić information content (AvgIpc) is 3.88. The van der Waals surface area contributed by atoms with Gasteiger partial charge in [0.25, 0.3) is 5.91 Å². The molecule has 6 N–H and O–H groups in total. The molecule has 4 aromatic carbocycles. The molecule has 0 radical (unpaired) electrons. The molecule has 57 heavy (non-hydrogen) atoms. The van der Waals surface area contributed by atoms with E-state index in [1.54, 1.807) is 71.6 Å². The van der Waals surface area contributed by atoms with Crippen molar-refractivity contribution < 1.29 is 35.2 Å². The summed E-state index contributed by atoms with van der Waals surface area (Å²) < 4.78 is 82.0. The number of halogens is 2. The predicted molar refractivity (Wildman–Crippen MR) is 215 cm³/mol. The Bertz CT molecular complexity index is 2170. The summed E-state index contributed by atoms with van der Waals surface area (Å²) in [6.07, 6.45) is 2.49. The molecule has 16 heteroatoms. The molecule has 0 aliphatic carbocycles. The summed E-state index contributed by atoms with van der Waals surface area (Å²) in [5.41, 5.74) is 13.6. The van der Waals surface area contributed by atoms with Crippen molar-refractivity contribution in [2.75, 3.05) is 31.9 Å². The lowest BCUT2D eigenvalue weighted by Crippen LogP contribution is -2.46. The maximum Gasteiger partial charge on any atom is 0.251 e. The van der Waals surface area contributed by atoms with Crippen molar-refractivity contribution >= 4 is 31.9 Å². The first-order valence-corrected chi connectivity index (χ1v) is 22.0. The Labute approximate surface area is 333 Å². The molecular formula is C41H50F2N6O6S2. The highest BCUT2D eigenvalue weighted by Crippen LogP contribution is 2.23. The van der Waals surface area contributed by atoms with Gasteiger partial charge in [0.2, 0.25) is 26.0 Å². The van der Waals surface area contributed by atoms with Crippen LogP contribution >= 0.6 is 0 Å². The van der Waals surface area contributed by atoms with Crippen molar-refractivity contribution in [3.05, 3.63) is 138 Å². The minimum atomic E-state index is -3.72. The Morgan fingerprint density at radius 3 is 1.91 bits per heavy atom. The Balaban J connectivity index is 0.000000219. The molecule has 0 saturated carbocycles. The molecule has 4 aromatic rings. The zero-order valence-electron chi connectivity index (χ0n) is 31.6. The molecule has 0 unspecified atom stereocenters. The monoisotopic (exact) mass is 824 g/mol. The minimum Gasteiger partial charge on any atom is -0.347 e. The van der Waals surface area contributed by atoms with Crippen LogP contribution in [0.3, 0.4) is 0 Å². The largest absolute Gasteiger partial charge is 0.347 e. The molecule has 2 aliphatic rings. The fourth-order valence-corrected chi connectivity index (χ4v) is 9.96. The summed E-state index contributed by atoms with van der Waals surface area (Å²) in [6.45, 7) is 1.36. The number of amides is 2. The van der Waals surface area contributed by atoms with Gasteiger partial charge in [-0.15, -0.1) is 0 Å². The van der Waals surface area contributed by atoms with Crippen LogP contribution in [0, 0.1) is 11.6 Å². The number of carbonyl (C=O) groups is 2. The molecule has 2 saturated heterocycles. The third kappa shape index (κ3) is 12.7. The SMILES string of the molecule is N[C@@H](CC(=O)N1CC[C@@H](NC(=O)c2ccccc2)C1)Cc1ccccc1F.N[C@H](Cc1ccccc1F)CS(=O)(=O)N1CCC[C@H]1CNS(=O)(=O)c1ccccc1. The number of carbonyl (C=O) groups excluding carboxylic acids is 2. The summed E-state index contributed by atoms with van der Waals surface area (Å²) in [5.74, 6) is -1.24. The maximum absolute atomic E-state index is 13.8. The number of sulfonamides is 2. The van der Waals surface area contributed by atoms with Crippen molar-refractivity contribution in [2.24, 2.45) is 11.5 Å². The van der Waals surface area contributed by atoms with Gasteiger partial charge < -0.3 is 21.7 Å². The van der Waals surface area contributed by atoms with Gasteiger partial charge in [-0.05, 0) is 79.6 Å². The summed E-state index contributed by atoms with van der Waals surface area (Å²) in [4.78, 5) is 26.5. The minimum absolute atomic E-state index is 0.0149. The summed E-state index contributed by atoms with van der Waals surface area (Å²) in [6, 6.07) is 27.8. The van der Waals surface area contributed by atoms with Crippen LogP contribution in [0.5, 0.6) is 0 Å². The molecule has 6 rings (SSSR count). The fraction of sp³-hybridized carbons (Fsp3) is 0.366. The maximum atomic E-state index is 13.8. The van der Waals surface area contributed by atoms with E-state index in [9.17, 15) is 35.2 Å². The standard InChI is InChI=1S/C21H24FN3O2.C20H26FN3O4S2/c22-19-9-5-4-8-16(19)12-17(23)13-20(26)25-11-10-18(14-25)24-21(27)15-6-2-1-3-7-15;21-20-11-5-4-7-16(20)13-17(22)15-29(25,26)24-12-6-8-18(24)14-23-30(27,28)19-9-2-1-3-10-19/h1-9,17-18H,10-14,23H2,(H,24,27);1-5,7,9-11,17-18,23H,6,8,12-15,22H2/t17-,18-;17-,18+/m11/s1. The van der Waals surface area contributed by atoms with Crippen LogP contribution in [-0.2, 0) is 37.7 Å². The molecule has 306 valence electrons. The molecule has 0 aromatic heterocycles. The predicted octanol–water partition coefficient (Wildman–Crippen LogP) is 3.58. The van der Waals surface area contributed by atoms with Gasteiger partial charge in [-0.3, -0.25) is 9.59 Å². The lowest BCUT2D eigenvalue weighted by molar-refractivity contribution is -0.130. The molecule has 4 atom stereocenters. The first-order valence-electron chi connectivity index (χ1n) is 18.9. The Hall–Kier alpha value is -4.58. The van der Waals surface area contributed by atoms with Crippen LogP contribution in [0.1, 0.15) is 47.2 Å². The number of benzene rings is 4. The third-order valence-corrected chi connectivity index (χ3v) is 13.4. The number of likely N-dealkylation sites (tertiary alicyclic amines) is 1. The highest BCUT2D eigenvalue weighted by molar-refractivity contribution is 7.89. The van der Waals surface area contributed by atoms with E-state index in [-0.39, 0.29) is 53.7 Å². The van der Waals surface area contributed by atoms with E-state index >= 15 is 0 Å². The van der Waals surface area contributed by atoms with Crippen LogP contribution in [0.4, 0.5) is 8.78 Å². The van der Waals surface area contributed by atoms with E-state index in [4.69, 9.17) is 11.5 Å². The Morgan fingerprint density at radius 1 is 0.737 bits per heavy atom. The first-order chi connectivity index (χ1) is 27.2. The van der Waals surface area contributed by atoms with Gasteiger partial charge in [0.05, 0.1) is 10.6 Å². The average molecular weight is 825 g/mol. The van der Waals surface area contributed by atoms with Gasteiger partial charge in [-0.1, -0.05) is 72.8 Å². The van der Waals surface area contributed by atoms with Crippen LogP contribution in [0.2, 0.25) is 0 Å².